The summed E-state index contributed by atoms with van der Waals surface area (Å²) < 4.78 is 0. The molecule has 0 radical (unpaired) electrons. The van der Waals surface area contributed by atoms with Crippen LogP contribution in [0.3, 0.4) is 0 Å². The molecule has 0 aliphatic carbocycles. The van der Waals surface area contributed by atoms with E-state index in [4.69, 9.17) is 0 Å². The van der Waals surface area contributed by atoms with Crippen molar-refractivity contribution in [2.75, 3.05) is 13.1 Å². The maximum absolute atomic E-state index is 11.9. The van der Waals surface area contributed by atoms with Gasteiger partial charge in [-0.3, -0.25) is 4.79 Å². The van der Waals surface area contributed by atoms with E-state index in [2.05, 4.69) is 16.7 Å². The normalized spacial score (nSPS) is 16.8. The Morgan fingerprint density at radius 2 is 2.18 bits per heavy atom. The maximum atomic E-state index is 11.9. The van der Waals surface area contributed by atoms with Gasteiger partial charge in [-0.2, -0.15) is 0 Å². The van der Waals surface area contributed by atoms with Crippen LogP contribution in [0.25, 0.3) is 0 Å². The van der Waals surface area contributed by atoms with Gasteiger partial charge in [0.05, 0.1) is 6.42 Å². The fraction of sp³-hybridized carbons (Fsp3) is 0.500. The van der Waals surface area contributed by atoms with Crippen molar-refractivity contribution >= 4 is 5.91 Å². The topological polar surface area (TPSA) is 41.1 Å². The standard InChI is InChI=1S/C14H20N2O/c1-11-3-2-4-12(9-11)10-14(17)16-13-5-7-15-8-6-13/h2-4,9,13,15H,5-8,10H2,1H3,(H,16,17). The number of benzene rings is 1. The lowest BCUT2D eigenvalue weighted by molar-refractivity contribution is -0.121. The zero-order valence-corrected chi connectivity index (χ0v) is 10.3. The van der Waals surface area contributed by atoms with Gasteiger partial charge in [-0.25, -0.2) is 0 Å². The lowest BCUT2D eigenvalue weighted by Gasteiger charge is -2.23. The minimum absolute atomic E-state index is 0.141. The van der Waals surface area contributed by atoms with Gasteiger partial charge in [-0.05, 0) is 38.4 Å². The molecule has 2 N–H and O–H groups in total. The van der Waals surface area contributed by atoms with Crippen molar-refractivity contribution in [1.82, 2.24) is 10.6 Å². The second-order valence-corrected chi connectivity index (χ2v) is 4.76. The number of hydrogen-bond acceptors (Lipinski definition) is 2. The highest BCUT2D eigenvalue weighted by molar-refractivity contribution is 5.78. The van der Waals surface area contributed by atoms with Crippen molar-refractivity contribution in [3.05, 3.63) is 35.4 Å². The van der Waals surface area contributed by atoms with Gasteiger partial charge in [0.25, 0.3) is 0 Å². The molecule has 0 saturated carbocycles. The average molecular weight is 232 g/mol. The van der Waals surface area contributed by atoms with Crippen molar-refractivity contribution in [1.29, 1.82) is 0 Å². The SMILES string of the molecule is Cc1cccc(CC(=O)NC2CCNCC2)c1. The number of amides is 1. The van der Waals surface area contributed by atoms with Crippen molar-refractivity contribution in [2.45, 2.75) is 32.2 Å². The van der Waals surface area contributed by atoms with E-state index in [0.29, 0.717) is 12.5 Å². The lowest BCUT2D eigenvalue weighted by atomic mass is 10.1. The molecule has 1 aromatic rings. The first-order valence-electron chi connectivity index (χ1n) is 6.29. The Hall–Kier alpha value is -1.35. The predicted octanol–water partition coefficient (Wildman–Crippen LogP) is 1.41. The lowest BCUT2D eigenvalue weighted by Crippen LogP contribution is -2.43. The molecule has 0 aromatic heterocycles. The number of carbonyl (C=O) groups excluding carboxylic acids is 1. The maximum Gasteiger partial charge on any atom is 0.224 e. The number of rotatable bonds is 3. The molecule has 1 fully saturated rings. The third-order valence-corrected chi connectivity index (χ3v) is 3.15. The summed E-state index contributed by atoms with van der Waals surface area (Å²) in [5, 5.41) is 6.40. The van der Waals surface area contributed by atoms with E-state index in [9.17, 15) is 4.79 Å². The molecule has 0 bridgehead atoms. The average Bonchev–Trinajstić information content (AvgIpc) is 2.30. The third-order valence-electron chi connectivity index (χ3n) is 3.15. The first-order valence-corrected chi connectivity index (χ1v) is 6.29. The summed E-state index contributed by atoms with van der Waals surface area (Å²) in [6, 6.07) is 8.49. The van der Waals surface area contributed by atoms with Crippen LogP contribution < -0.4 is 10.6 Å². The molecule has 1 aliphatic rings. The number of piperidine rings is 1. The highest BCUT2D eigenvalue weighted by atomic mass is 16.1. The summed E-state index contributed by atoms with van der Waals surface area (Å²) in [6.07, 6.45) is 2.57. The molecule has 1 saturated heterocycles. The minimum Gasteiger partial charge on any atom is -0.353 e. The zero-order valence-electron chi connectivity index (χ0n) is 10.3. The van der Waals surface area contributed by atoms with Crippen LogP contribution in [0.5, 0.6) is 0 Å². The van der Waals surface area contributed by atoms with E-state index in [1.165, 1.54) is 5.56 Å². The quantitative estimate of drug-likeness (QED) is 0.827. The Labute approximate surface area is 103 Å². The first-order chi connectivity index (χ1) is 8.24. The second kappa shape index (κ2) is 5.82. The van der Waals surface area contributed by atoms with Crippen LogP contribution in [0, 0.1) is 6.92 Å². The van der Waals surface area contributed by atoms with Gasteiger partial charge in [0.1, 0.15) is 0 Å². The molecule has 3 nitrogen and oxygen atoms in total. The molecule has 1 heterocycles. The molecule has 2 rings (SSSR count). The van der Waals surface area contributed by atoms with Crippen LogP contribution in [-0.4, -0.2) is 25.0 Å². The Balaban J connectivity index is 1.84. The largest absolute Gasteiger partial charge is 0.353 e. The van der Waals surface area contributed by atoms with Gasteiger partial charge < -0.3 is 10.6 Å². The number of hydrogen-bond donors (Lipinski definition) is 2. The minimum atomic E-state index is 0.141. The van der Waals surface area contributed by atoms with Gasteiger partial charge >= 0.3 is 0 Å². The van der Waals surface area contributed by atoms with E-state index in [1.807, 2.05) is 25.1 Å². The molecule has 1 aromatic carbocycles. The predicted molar refractivity (Wildman–Crippen MR) is 68.9 cm³/mol. The van der Waals surface area contributed by atoms with Gasteiger partial charge in [0.15, 0.2) is 0 Å². The zero-order chi connectivity index (χ0) is 12.1. The fourth-order valence-electron chi connectivity index (χ4n) is 2.25. The second-order valence-electron chi connectivity index (χ2n) is 4.76. The molecular weight excluding hydrogens is 212 g/mol. The molecular formula is C14H20N2O. The Morgan fingerprint density at radius 1 is 1.41 bits per heavy atom. The Morgan fingerprint density at radius 3 is 2.88 bits per heavy atom. The molecule has 3 heteroatoms. The summed E-state index contributed by atoms with van der Waals surface area (Å²) in [5.74, 6) is 0.141. The molecule has 17 heavy (non-hydrogen) atoms. The van der Waals surface area contributed by atoms with Gasteiger partial charge in [0, 0.05) is 6.04 Å². The third kappa shape index (κ3) is 3.86. The van der Waals surface area contributed by atoms with E-state index >= 15 is 0 Å². The van der Waals surface area contributed by atoms with Crippen LogP contribution in [0.15, 0.2) is 24.3 Å². The van der Waals surface area contributed by atoms with Crippen molar-refractivity contribution in [2.24, 2.45) is 0 Å². The van der Waals surface area contributed by atoms with Gasteiger partial charge in [0.2, 0.25) is 5.91 Å². The molecule has 0 unspecified atom stereocenters. The van der Waals surface area contributed by atoms with E-state index in [-0.39, 0.29) is 5.91 Å². The van der Waals surface area contributed by atoms with E-state index in [0.717, 1.165) is 31.5 Å². The summed E-state index contributed by atoms with van der Waals surface area (Å²) in [4.78, 5) is 11.9. The van der Waals surface area contributed by atoms with E-state index < -0.39 is 0 Å². The monoisotopic (exact) mass is 232 g/mol. The number of carbonyl (C=O) groups is 1. The number of aryl methyl sites for hydroxylation is 1. The van der Waals surface area contributed by atoms with Crippen molar-refractivity contribution < 1.29 is 4.79 Å². The molecule has 1 amide bonds. The highest BCUT2D eigenvalue weighted by Crippen LogP contribution is 2.06. The first kappa shape index (κ1) is 12.1. The van der Waals surface area contributed by atoms with E-state index in [1.54, 1.807) is 0 Å². The smallest absolute Gasteiger partial charge is 0.224 e. The summed E-state index contributed by atoms with van der Waals surface area (Å²) in [6.45, 7) is 4.07. The highest BCUT2D eigenvalue weighted by Gasteiger charge is 2.15. The van der Waals surface area contributed by atoms with Crippen LogP contribution in [-0.2, 0) is 11.2 Å². The van der Waals surface area contributed by atoms with Crippen LogP contribution >= 0.6 is 0 Å². The van der Waals surface area contributed by atoms with Crippen LogP contribution in [0.2, 0.25) is 0 Å². The number of nitrogens with one attached hydrogen (secondary N) is 2. The fourth-order valence-corrected chi connectivity index (χ4v) is 2.25. The molecule has 92 valence electrons. The van der Waals surface area contributed by atoms with Gasteiger partial charge in [-0.15, -0.1) is 0 Å². The van der Waals surface area contributed by atoms with Gasteiger partial charge in [-0.1, -0.05) is 29.8 Å². The molecule has 0 spiro atoms. The Kier molecular flexibility index (Phi) is 4.15. The van der Waals surface area contributed by atoms with Crippen molar-refractivity contribution in [3.63, 3.8) is 0 Å². The Bertz CT molecular complexity index is 384. The summed E-state index contributed by atoms with van der Waals surface area (Å²) in [5.41, 5.74) is 2.30. The molecule has 0 atom stereocenters. The van der Waals surface area contributed by atoms with Crippen LogP contribution in [0.4, 0.5) is 0 Å². The van der Waals surface area contributed by atoms with Crippen LogP contribution in [0.1, 0.15) is 24.0 Å². The summed E-state index contributed by atoms with van der Waals surface area (Å²) in [7, 11) is 0. The molecule has 1 aliphatic heterocycles. The summed E-state index contributed by atoms with van der Waals surface area (Å²) >= 11 is 0. The van der Waals surface area contributed by atoms with Crippen molar-refractivity contribution in [3.8, 4) is 0 Å².